The van der Waals surface area contributed by atoms with E-state index in [1.54, 1.807) is 35.1 Å². The summed E-state index contributed by atoms with van der Waals surface area (Å²) in [7, 11) is 0. The van der Waals surface area contributed by atoms with E-state index in [0.717, 1.165) is 16.9 Å². The highest BCUT2D eigenvalue weighted by Gasteiger charge is 2.16. The van der Waals surface area contributed by atoms with Crippen molar-refractivity contribution >= 4 is 27.7 Å². The minimum Gasteiger partial charge on any atom is -0.485 e. The van der Waals surface area contributed by atoms with Crippen molar-refractivity contribution in [2.24, 2.45) is 0 Å². The number of nitrogens with zero attached hydrogens (tertiary/aromatic N) is 2. The highest BCUT2D eigenvalue weighted by atomic mass is 79.9. The number of furan rings is 1. The molecule has 0 atom stereocenters. The van der Waals surface area contributed by atoms with Gasteiger partial charge in [-0.05, 0) is 64.3 Å². The number of benzene rings is 2. The molecule has 2 aromatic heterocycles. The van der Waals surface area contributed by atoms with Crippen molar-refractivity contribution in [3.05, 3.63) is 99.8 Å². The summed E-state index contributed by atoms with van der Waals surface area (Å²) in [6, 6.07) is 17.1. The van der Waals surface area contributed by atoms with Gasteiger partial charge in [0.15, 0.2) is 11.6 Å². The van der Waals surface area contributed by atoms with Crippen LogP contribution in [0.5, 0.6) is 5.75 Å². The van der Waals surface area contributed by atoms with Crippen LogP contribution in [0.1, 0.15) is 27.4 Å². The summed E-state index contributed by atoms with van der Waals surface area (Å²) < 4.78 is 26.7. The SMILES string of the molecule is Cc1ccccc1OCc1ccc(C(=O)Nc2nn(Cc3ccc(F)cc3)cc2Br)o1. The number of carbonyl (C=O) groups excluding carboxylic acids is 1. The van der Waals surface area contributed by atoms with Gasteiger partial charge in [0.05, 0.1) is 11.0 Å². The minimum absolute atomic E-state index is 0.156. The topological polar surface area (TPSA) is 69.3 Å². The molecule has 0 fully saturated rings. The number of anilines is 1. The van der Waals surface area contributed by atoms with Crippen LogP contribution in [0.3, 0.4) is 0 Å². The molecule has 2 heterocycles. The number of aryl methyl sites for hydroxylation is 1. The van der Waals surface area contributed by atoms with E-state index in [2.05, 4.69) is 26.3 Å². The van der Waals surface area contributed by atoms with Gasteiger partial charge < -0.3 is 14.5 Å². The van der Waals surface area contributed by atoms with E-state index in [1.165, 1.54) is 12.1 Å². The minimum atomic E-state index is -0.421. The van der Waals surface area contributed by atoms with Gasteiger partial charge in [-0.1, -0.05) is 30.3 Å². The maximum absolute atomic E-state index is 13.1. The molecule has 1 amide bonds. The normalized spacial score (nSPS) is 10.8. The molecule has 0 unspecified atom stereocenters. The molecule has 4 rings (SSSR count). The highest BCUT2D eigenvalue weighted by Crippen LogP contribution is 2.23. The van der Waals surface area contributed by atoms with Gasteiger partial charge in [-0.2, -0.15) is 5.10 Å². The second-order valence-electron chi connectivity index (χ2n) is 6.92. The van der Waals surface area contributed by atoms with Crippen LogP contribution in [0.2, 0.25) is 0 Å². The maximum Gasteiger partial charge on any atom is 0.292 e. The standard InChI is InChI=1S/C23H19BrFN3O3/c1-15-4-2-3-5-20(15)30-14-18-10-11-21(31-18)23(29)26-22-19(24)13-28(27-22)12-16-6-8-17(25)9-7-16/h2-11,13H,12,14H2,1H3,(H,26,27,29). The fourth-order valence-electron chi connectivity index (χ4n) is 2.95. The number of amides is 1. The summed E-state index contributed by atoms with van der Waals surface area (Å²) in [6.45, 7) is 2.62. The number of hydrogen-bond donors (Lipinski definition) is 1. The first kappa shape index (κ1) is 20.9. The van der Waals surface area contributed by atoms with E-state index in [4.69, 9.17) is 9.15 Å². The zero-order valence-corrected chi connectivity index (χ0v) is 18.2. The van der Waals surface area contributed by atoms with Crippen molar-refractivity contribution in [3.8, 4) is 5.75 Å². The van der Waals surface area contributed by atoms with Gasteiger partial charge in [-0.25, -0.2) is 4.39 Å². The molecule has 4 aromatic rings. The molecular formula is C23H19BrFN3O3. The molecule has 1 N–H and O–H groups in total. The van der Waals surface area contributed by atoms with E-state index in [0.29, 0.717) is 22.6 Å². The number of nitrogens with one attached hydrogen (secondary N) is 1. The third kappa shape index (κ3) is 5.21. The quantitative estimate of drug-likeness (QED) is 0.373. The van der Waals surface area contributed by atoms with Gasteiger partial charge >= 0.3 is 0 Å². The Kier molecular flexibility index (Phi) is 6.18. The number of ether oxygens (including phenoxy) is 1. The molecule has 0 bridgehead atoms. The van der Waals surface area contributed by atoms with Crippen LogP contribution in [0.4, 0.5) is 10.2 Å². The van der Waals surface area contributed by atoms with Crippen LogP contribution in [0, 0.1) is 12.7 Å². The molecule has 0 aliphatic heterocycles. The summed E-state index contributed by atoms with van der Waals surface area (Å²) in [5.74, 6) is 1.11. The summed E-state index contributed by atoms with van der Waals surface area (Å²) in [6.07, 6.45) is 1.74. The lowest BCUT2D eigenvalue weighted by molar-refractivity contribution is 0.0992. The highest BCUT2D eigenvalue weighted by molar-refractivity contribution is 9.10. The lowest BCUT2D eigenvalue weighted by atomic mass is 10.2. The molecule has 0 aliphatic rings. The molecule has 0 radical (unpaired) electrons. The van der Waals surface area contributed by atoms with Crippen molar-refractivity contribution in [1.29, 1.82) is 0 Å². The number of para-hydroxylation sites is 1. The van der Waals surface area contributed by atoms with Crippen molar-refractivity contribution in [1.82, 2.24) is 9.78 Å². The van der Waals surface area contributed by atoms with Crippen LogP contribution < -0.4 is 10.1 Å². The molecular weight excluding hydrogens is 465 g/mol. The van der Waals surface area contributed by atoms with E-state index in [1.807, 2.05) is 31.2 Å². The average Bonchev–Trinajstić information content (AvgIpc) is 3.36. The van der Waals surface area contributed by atoms with Gasteiger partial charge in [0.25, 0.3) is 5.91 Å². The van der Waals surface area contributed by atoms with E-state index in [9.17, 15) is 9.18 Å². The van der Waals surface area contributed by atoms with Crippen molar-refractivity contribution < 1.29 is 18.3 Å². The summed E-state index contributed by atoms with van der Waals surface area (Å²) in [5.41, 5.74) is 1.91. The molecule has 0 spiro atoms. The molecule has 158 valence electrons. The third-order valence-corrected chi connectivity index (χ3v) is 5.14. The van der Waals surface area contributed by atoms with E-state index in [-0.39, 0.29) is 18.2 Å². The smallest absolute Gasteiger partial charge is 0.292 e. The summed E-state index contributed by atoms with van der Waals surface area (Å²) in [5, 5.41) is 7.09. The number of halogens is 2. The molecule has 0 saturated heterocycles. The molecule has 0 saturated carbocycles. The molecule has 2 aromatic carbocycles. The molecule has 6 nitrogen and oxygen atoms in total. The predicted octanol–water partition coefficient (Wildman–Crippen LogP) is 5.57. The first-order valence-corrected chi connectivity index (χ1v) is 10.3. The largest absolute Gasteiger partial charge is 0.485 e. The molecule has 31 heavy (non-hydrogen) atoms. The van der Waals surface area contributed by atoms with Crippen LogP contribution in [0.15, 0.2) is 75.8 Å². The Balaban J connectivity index is 1.38. The molecule has 8 heteroatoms. The third-order valence-electron chi connectivity index (χ3n) is 4.56. The lowest BCUT2D eigenvalue weighted by Gasteiger charge is -2.06. The van der Waals surface area contributed by atoms with Crippen molar-refractivity contribution in [3.63, 3.8) is 0 Å². The van der Waals surface area contributed by atoms with E-state index >= 15 is 0 Å². The van der Waals surface area contributed by atoms with Gasteiger partial charge in [0.2, 0.25) is 0 Å². The van der Waals surface area contributed by atoms with E-state index < -0.39 is 5.91 Å². The summed E-state index contributed by atoms with van der Waals surface area (Å²) >= 11 is 3.40. The van der Waals surface area contributed by atoms with Gasteiger partial charge in [0, 0.05) is 6.20 Å². The predicted molar refractivity (Wildman–Crippen MR) is 118 cm³/mol. The average molecular weight is 484 g/mol. The number of aromatic nitrogens is 2. The van der Waals surface area contributed by atoms with Crippen LogP contribution in [-0.4, -0.2) is 15.7 Å². The van der Waals surface area contributed by atoms with Crippen molar-refractivity contribution in [2.45, 2.75) is 20.1 Å². The summed E-state index contributed by atoms with van der Waals surface area (Å²) in [4.78, 5) is 12.6. The fraction of sp³-hybridized carbons (Fsp3) is 0.130. The van der Waals surface area contributed by atoms with Crippen LogP contribution >= 0.6 is 15.9 Å². The Morgan fingerprint density at radius 2 is 1.94 bits per heavy atom. The van der Waals surface area contributed by atoms with Crippen molar-refractivity contribution in [2.75, 3.05) is 5.32 Å². The zero-order chi connectivity index (χ0) is 21.8. The Bertz CT molecular complexity index is 1200. The number of carbonyl (C=O) groups is 1. The first-order valence-electron chi connectivity index (χ1n) is 9.54. The van der Waals surface area contributed by atoms with Crippen LogP contribution in [0.25, 0.3) is 0 Å². The fourth-order valence-corrected chi connectivity index (χ4v) is 3.37. The molecule has 0 aliphatic carbocycles. The Hall–Kier alpha value is -3.39. The Morgan fingerprint density at radius 1 is 1.16 bits per heavy atom. The Labute approximate surface area is 186 Å². The zero-order valence-electron chi connectivity index (χ0n) is 16.6. The second-order valence-corrected chi connectivity index (χ2v) is 7.78. The Morgan fingerprint density at radius 3 is 2.71 bits per heavy atom. The number of hydrogen-bond acceptors (Lipinski definition) is 4. The van der Waals surface area contributed by atoms with Crippen LogP contribution in [-0.2, 0) is 13.2 Å². The van der Waals surface area contributed by atoms with Gasteiger partial charge in [0.1, 0.15) is 23.9 Å². The number of rotatable bonds is 7. The van der Waals surface area contributed by atoms with Gasteiger partial charge in [-0.3, -0.25) is 9.48 Å². The lowest BCUT2D eigenvalue weighted by Crippen LogP contribution is -2.12. The van der Waals surface area contributed by atoms with Gasteiger partial charge in [-0.15, -0.1) is 0 Å². The monoisotopic (exact) mass is 483 g/mol. The second kappa shape index (κ2) is 9.18. The first-order chi connectivity index (χ1) is 15.0. The maximum atomic E-state index is 13.1.